The molecule has 1 rings (SSSR count). The Balaban J connectivity index is 0.00000625. The second-order valence-electron chi connectivity index (χ2n) is 7.43. The van der Waals surface area contributed by atoms with Crippen molar-refractivity contribution in [3.05, 3.63) is 0 Å². The van der Waals surface area contributed by atoms with Crippen molar-refractivity contribution in [2.24, 2.45) is 10.9 Å². The number of nitrogens with one attached hydrogen (secondary N) is 2. The molecule has 0 aromatic carbocycles. The van der Waals surface area contributed by atoms with E-state index in [1.54, 1.807) is 20.8 Å². The van der Waals surface area contributed by atoms with Crippen LogP contribution in [0.2, 0.25) is 0 Å². The molecule has 0 bridgehead atoms. The van der Waals surface area contributed by atoms with Gasteiger partial charge in [0.2, 0.25) is 0 Å². The Morgan fingerprint density at radius 2 is 1.65 bits per heavy atom. The molecule has 1 fully saturated rings. The highest BCUT2D eigenvalue weighted by atomic mass is 127. The van der Waals surface area contributed by atoms with Crippen LogP contribution in [0.5, 0.6) is 0 Å². The van der Waals surface area contributed by atoms with Crippen LogP contribution in [0.3, 0.4) is 0 Å². The van der Waals surface area contributed by atoms with Crippen molar-refractivity contribution in [1.82, 2.24) is 10.6 Å². The fraction of sp³-hybridized carbons (Fsp3) is 0.938. The summed E-state index contributed by atoms with van der Waals surface area (Å²) in [6.07, 6.45) is -3.05. The predicted molar refractivity (Wildman–Crippen MR) is 110 cm³/mol. The Kier molecular flexibility index (Phi) is 10.2. The maximum absolute atomic E-state index is 12.7. The monoisotopic (exact) mass is 513 g/mol. The topological polar surface area (TPSA) is 70.6 Å². The summed E-state index contributed by atoms with van der Waals surface area (Å²) in [5.74, 6) is -0.822. The van der Waals surface area contributed by atoms with Crippen LogP contribution in [0.15, 0.2) is 4.99 Å². The lowest BCUT2D eigenvalue weighted by Crippen LogP contribution is -2.46. The van der Waals surface area contributed by atoms with E-state index in [0.29, 0.717) is 25.3 Å². The number of nitrogens with zero attached hydrogens (tertiary/aromatic N) is 1. The third-order valence-corrected chi connectivity index (χ3v) is 7.02. The van der Waals surface area contributed by atoms with E-state index in [1.807, 2.05) is 6.92 Å². The molecule has 0 aliphatic heterocycles. The Hall–Kier alpha value is -0.260. The number of hydrogen-bond donors (Lipinski definition) is 2. The lowest BCUT2D eigenvalue weighted by atomic mass is 9.85. The van der Waals surface area contributed by atoms with E-state index in [4.69, 9.17) is 0 Å². The van der Waals surface area contributed by atoms with Gasteiger partial charge < -0.3 is 10.6 Å². The minimum Gasteiger partial charge on any atom is -0.357 e. The lowest BCUT2D eigenvalue weighted by molar-refractivity contribution is -0.182. The molecule has 1 aliphatic rings. The largest absolute Gasteiger partial charge is 0.391 e. The van der Waals surface area contributed by atoms with Gasteiger partial charge in [-0.15, -0.1) is 24.0 Å². The van der Waals surface area contributed by atoms with E-state index in [0.717, 1.165) is 0 Å². The maximum atomic E-state index is 12.7. The molecular formula is C16H31F3IN3O2S. The van der Waals surface area contributed by atoms with Gasteiger partial charge in [-0.05, 0) is 53.4 Å². The summed E-state index contributed by atoms with van der Waals surface area (Å²) in [5.41, 5.74) is 0. The molecule has 0 saturated heterocycles. The number of guanidine groups is 1. The summed E-state index contributed by atoms with van der Waals surface area (Å²) in [4.78, 5) is 4.27. The smallest absolute Gasteiger partial charge is 0.357 e. The SMILES string of the molecule is CCNC(=NCCS(=O)(=O)C(C)(C)C)NC1CCC(C(F)(F)F)CC1.I. The minimum atomic E-state index is -4.12. The van der Waals surface area contributed by atoms with Gasteiger partial charge in [-0.2, -0.15) is 13.2 Å². The Morgan fingerprint density at radius 3 is 2.08 bits per heavy atom. The summed E-state index contributed by atoms with van der Waals surface area (Å²) in [5, 5.41) is 6.15. The third kappa shape index (κ3) is 8.18. The molecule has 156 valence electrons. The highest BCUT2D eigenvalue weighted by molar-refractivity contribution is 14.0. The average Bonchev–Trinajstić information content (AvgIpc) is 2.45. The molecule has 1 aliphatic carbocycles. The van der Waals surface area contributed by atoms with Gasteiger partial charge in [-0.3, -0.25) is 4.99 Å². The van der Waals surface area contributed by atoms with E-state index in [2.05, 4.69) is 15.6 Å². The van der Waals surface area contributed by atoms with Gasteiger partial charge in [0.15, 0.2) is 15.8 Å². The standard InChI is InChI=1S/C16H30F3N3O2S.HI/c1-5-20-14(21-10-11-25(23,24)15(2,3)4)22-13-8-6-12(7-9-13)16(17,18)19;/h12-13H,5-11H2,1-4H3,(H2,20,21,22);1H. The van der Waals surface area contributed by atoms with Gasteiger partial charge in [0.1, 0.15) is 0 Å². The van der Waals surface area contributed by atoms with Gasteiger partial charge in [-0.1, -0.05) is 0 Å². The molecule has 0 heterocycles. The van der Waals surface area contributed by atoms with Crippen molar-refractivity contribution < 1.29 is 21.6 Å². The van der Waals surface area contributed by atoms with Crippen LogP contribution in [0.1, 0.15) is 53.4 Å². The summed E-state index contributed by atoms with van der Waals surface area (Å²) in [6.45, 7) is 7.53. The first-order valence-electron chi connectivity index (χ1n) is 8.70. The fourth-order valence-corrected chi connectivity index (χ4v) is 3.61. The second-order valence-corrected chi connectivity index (χ2v) is 10.3. The first kappa shape index (κ1) is 25.7. The van der Waals surface area contributed by atoms with Gasteiger partial charge >= 0.3 is 6.18 Å². The molecule has 0 aromatic heterocycles. The quantitative estimate of drug-likeness (QED) is 0.336. The summed E-state index contributed by atoms with van der Waals surface area (Å²) in [6, 6.07) is -0.0735. The Morgan fingerprint density at radius 1 is 1.12 bits per heavy atom. The number of sulfone groups is 1. The average molecular weight is 513 g/mol. The summed E-state index contributed by atoms with van der Waals surface area (Å²) >= 11 is 0. The van der Waals surface area contributed by atoms with Gasteiger partial charge in [0, 0.05) is 12.6 Å². The van der Waals surface area contributed by atoms with Gasteiger partial charge in [0.25, 0.3) is 0 Å². The van der Waals surface area contributed by atoms with Crippen LogP contribution in [0.25, 0.3) is 0 Å². The molecule has 2 N–H and O–H groups in total. The second kappa shape index (κ2) is 10.3. The van der Waals surface area contributed by atoms with Crippen LogP contribution in [0, 0.1) is 5.92 Å². The molecule has 1 saturated carbocycles. The molecule has 5 nitrogen and oxygen atoms in total. The predicted octanol–water partition coefficient (Wildman–Crippen LogP) is 3.49. The fourth-order valence-electron chi connectivity index (χ4n) is 2.66. The molecule has 0 atom stereocenters. The van der Waals surface area contributed by atoms with Crippen molar-refractivity contribution in [2.45, 2.75) is 70.3 Å². The highest BCUT2D eigenvalue weighted by Crippen LogP contribution is 2.37. The zero-order chi connectivity index (χ0) is 19.3. The van der Waals surface area contributed by atoms with E-state index in [9.17, 15) is 21.6 Å². The van der Waals surface area contributed by atoms with Crippen molar-refractivity contribution >= 4 is 39.8 Å². The molecule has 0 amide bonds. The Labute approximate surface area is 171 Å². The van der Waals surface area contributed by atoms with E-state index in [-0.39, 0.29) is 55.2 Å². The molecule has 10 heteroatoms. The van der Waals surface area contributed by atoms with Crippen LogP contribution >= 0.6 is 24.0 Å². The number of aliphatic imine (C=N–C) groups is 1. The molecule has 0 aromatic rings. The molecule has 0 spiro atoms. The zero-order valence-corrected chi connectivity index (χ0v) is 19.0. The van der Waals surface area contributed by atoms with Crippen molar-refractivity contribution in [3.8, 4) is 0 Å². The molecular weight excluding hydrogens is 482 g/mol. The van der Waals surface area contributed by atoms with Gasteiger partial charge in [0.05, 0.1) is 23.0 Å². The van der Waals surface area contributed by atoms with E-state index >= 15 is 0 Å². The van der Waals surface area contributed by atoms with Crippen molar-refractivity contribution in [3.63, 3.8) is 0 Å². The summed E-state index contributed by atoms with van der Waals surface area (Å²) in [7, 11) is -3.25. The minimum absolute atomic E-state index is 0. The third-order valence-electron chi connectivity index (χ3n) is 4.44. The first-order valence-corrected chi connectivity index (χ1v) is 10.4. The van der Waals surface area contributed by atoms with E-state index < -0.39 is 26.7 Å². The molecule has 0 unspecified atom stereocenters. The van der Waals surface area contributed by atoms with Crippen LogP contribution < -0.4 is 10.6 Å². The first-order chi connectivity index (χ1) is 11.4. The van der Waals surface area contributed by atoms with Gasteiger partial charge in [-0.25, -0.2) is 8.42 Å². The zero-order valence-electron chi connectivity index (χ0n) is 15.8. The molecule has 0 radical (unpaired) electrons. The lowest BCUT2D eigenvalue weighted by Gasteiger charge is -2.31. The van der Waals surface area contributed by atoms with Crippen LogP contribution in [-0.2, 0) is 9.84 Å². The number of hydrogen-bond acceptors (Lipinski definition) is 3. The number of halogens is 4. The number of alkyl halides is 3. The number of rotatable bonds is 5. The van der Waals surface area contributed by atoms with Crippen molar-refractivity contribution in [2.75, 3.05) is 18.8 Å². The highest BCUT2D eigenvalue weighted by Gasteiger charge is 2.41. The normalized spacial score (nSPS) is 22.5. The molecule has 26 heavy (non-hydrogen) atoms. The van der Waals surface area contributed by atoms with Crippen molar-refractivity contribution in [1.29, 1.82) is 0 Å². The Bertz CT molecular complexity index is 552. The summed E-state index contributed by atoms with van der Waals surface area (Å²) < 4.78 is 61.5. The van der Waals surface area contributed by atoms with Crippen LogP contribution in [-0.4, -0.2) is 50.2 Å². The van der Waals surface area contributed by atoms with E-state index in [1.165, 1.54) is 0 Å². The van der Waals surface area contributed by atoms with Crippen LogP contribution in [0.4, 0.5) is 13.2 Å². The maximum Gasteiger partial charge on any atom is 0.391 e.